The lowest BCUT2D eigenvalue weighted by molar-refractivity contribution is 1.69. The van der Waals surface area contributed by atoms with E-state index >= 15 is 0 Å². The summed E-state index contributed by atoms with van der Waals surface area (Å²) in [6, 6.07) is 45.5. The lowest BCUT2D eigenvalue weighted by atomic mass is 9.90. The Balaban J connectivity index is 1.58. The van der Waals surface area contributed by atoms with Gasteiger partial charge in [0, 0.05) is 0 Å². The van der Waals surface area contributed by atoms with Crippen molar-refractivity contribution < 1.29 is 0 Å². The number of benzene rings is 7. The van der Waals surface area contributed by atoms with Crippen molar-refractivity contribution >= 4 is 53.9 Å². The molecule has 0 atom stereocenters. The standard InChI is InChI=1S/C32H19/c1-2-9-22-19-31-23(18-21(22)8-1)10-7-15-25(31)24-16-17-30-28-13-4-3-11-26(28)27-12-5-6-14-29(27)32(30)20-24/h1-19H. The lowest BCUT2D eigenvalue weighted by Gasteiger charge is -2.13. The van der Waals surface area contributed by atoms with Crippen molar-refractivity contribution in [2.45, 2.75) is 0 Å². The first-order valence-corrected chi connectivity index (χ1v) is 11.0. The van der Waals surface area contributed by atoms with Crippen LogP contribution in [0.2, 0.25) is 0 Å². The molecule has 147 valence electrons. The molecule has 0 amide bonds. The third-order valence-corrected chi connectivity index (χ3v) is 6.69. The fourth-order valence-electron chi connectivity index (χ4n) is 5.18. The third-order valence-electron chi connectivity index (χ3n) is 6.69. The van der Waals surface area contributed by atoms with E-state index in [9.17, 15) is 0 Å². The van der Waals surface area contributed by atoms with Gasteiger partial charge in [0.25, 0.3) is 0 Å². The zero-order chi connectivity index (χ0) is 21.1. The van der Waals surface area contributed by atoms with Gasteiger partial charge in [0.05, 0.1) is 0 Å². The quantitative estimate of drug-likeness (QED) is 0.190. The minimum absolute atomic E-state index is 1.14. The topological polar surface area (TPSA) is 0 Å². The van der Waals surface area contributed by atoms with Crippen LogP contribution in [0.1, 0.15) is 0 Å². The van der Waals surface area contributed by atoms with Crippen LogP contribution in [0.25, 0.3) is 65.0 Å². The molecule has 0 heteroatoms. The van der Waals surface area contributed by atoms with Crippen LogP contribution in [0.5, 0.6) is 0 Å². The molecule has 0 heterocycles. The Morgan fingerprint density at radius 1 is 0.375 bits per heavy atom. The van der Waals surface area contributed by atoms with Crippen molar-refractivity contribution in [3.8, 4) is 11.1 Å². The first-order chi connectivity index (χ1) is 15.9. The maximum absolute atomic E-state index is 3.82. The minimum Gasteiger partial charge on any atom is -0.0616 e. The summed E-state index contributed by atoms with van der Waals surface area (Å²) in [7, 11) is 0. The summed E-state index contributed by atoms with van der Waals surface area (Å²) in [5, 5.41) is 12.7. The Hall–Kier alpha value is -4.16. The molecule has 7 aromatic carbocycles. The highest BCUT2D eigenvalue weighted by atomic mass is 14.1. The lowest BCUT2D eigenvalue weighted by Crippen LogP contribution is -1.87. The highest BCUT2D eigenvalue weighted by Gasteiger charge is 2.11. The van der Waals surface area contributed by atoms with E-state index in [1.54, 1.807) is 0 Å². The first-order valence-electron chi connectivity index (χ1n) is 11.0. The largest absolute Gasteiger partial charge is 0.0616 e. The minimum atomic E-state index is 1.14. The molecule has 0 unspecified atom stereocenters. The monoisotopic (exact) mass is 403 g/mol. The van der Waals surface area contributed by atoms with Gasteiger partial charge in [-0.05, 0) is 83.2 Å². The molecule has 0 nitrogen and oxygen atoms in total. The summed E-state index contributed by atoms with van der Waals surface area (Å²) in [5.41, 5.74) is 2.37. The Morgan fingerprint density at radius 2 is 0.938 bits per heavy atom. The highest BCUT2D eigenvalue weighted by Crippen LogP contribution is 2.38. The molecule has 0 saturated carbocycles. The molecule has 0 fully saturated rings. The fraction of sp³-hybridized carbons (Fsp3) is 0. The summed E-state index contributed by atoms with van der Waals surface area (Å²) < 4.78 is 0. The van der Waals surface area contributed by atoms with Gasteiger partial charge >= 0.3 is 0 Å². The van der Waals surface area contributed by atoms with Crippen molar-refractivity contribution in [1.82, 2.24) is 0 Å². The van der Waals surface area contributed by atoms with Gasteiger partial charge in [-0.25, -0.2) is 0 Å². The predicted molar refractivity (Wildman–Crippen MR) is 138 cm³/mol. The van der Waals surface area contributed by atoms with Crippen molar-refractivity contribution in [3.05, 3.63) is 121 Å². The van der Waals surface area contributed by atoms with E-state index in [1.165, 1.54) is 59.4 Å². The summed E-state index contributed by atoms with van der Waals surface area (Å²) >= 11 is 0. The SMILES string of the molecule is [c]1c(-c2cccc3cc4ccccc4cc23)ccc2c1c1ccccc1c1ccccc21. The second-order valence-corrected chi connectivity index (χ2v) is 8.48. The molecule has 7 aromatic rings. The maximum atomic E-state index is 3.82. The van der Waals surface area contributed by atoms with E-state index in [4.69, 9.17) is 0 Å². The molecule has 0 spiro atoms. The summed E-state index contributed by atoms with van der Waals surface area (Å²) in [5.74, 6) is 0. The first kappa shape index (κ1) is 17.5. The summed E-state index contributed by atoms with van der Waals surface area (Å²) in [6.45, 7) is 0. The van der Waals surface area contributed by atoms with Crippen molar-refractivity contribution in [3.63, 3.8) is 0 Å². The van der Waals surface area contributed by atoms with E-state index in [1.807, 2.05) is 0 Å². The molecular formula is C32H19. The van der Waals surface area contributed by atoms with Gasteiger partial charge in [-0.1, -0.05) is 103 Å². The molecule has 0 saturated heterocycles. The number of hydrogen-bond donors (Lipinski definition) is 0. The van der Waals surface area contributed by atoms with E-state index in [0.29, 0.717) is 0 Å². The van der Waals surface area contributed by atoms with Crippen LogP contribution in [0.3, 0.4) is 0 Å². The van der Waals surface area contributed by atoms with Crippen LogP contribution >= 0.6 is 0 Å². The van der Waals surface area contributed by atoms with Crippen LogP contribution in [-0.2, 0) is 0 Å². The van der Waals surface area contributed by atoms with E-state index < -0.39 is 0 Å². The second kappa shape index (κ2) is 6.67. The Bertz CT molecular complexity index is 1790. The Morgan fingerprint density at radius 3 is 1.69 bits per heavy atom. The Kier molecular flexibility index (Phi) is 3.65. The normalized spacial score (nSPS) is 11.8. The van der Waals surface area contributed by atoms with Crippen LogP contribution in [0.15, 0.2) is 115 Å². The third kappa shape index (κ3) is 2.50. The molecular weight excluding hydrogens is 384 g/mol. The summed E-state index contributed by atoms with van der Waals surface area (Å²) in [4.78, 5) is 0. The van der Waals surface area contributed by atoms with Gasteiger partial charge in [0.15, 0.2) is 0 Å². The molecule has 1 radical (unpaired) electrons. The van der Waals surface area contributed by atoms with E-state index in [0.717, 1.165) is 5.56 Å². The zero-order valence-electron chi connectivity index (χ0n) is 17.5. The molecule has 0 aliphatic heterocycles. The maximum Gasteiger partial charge on any atom is -0.000741 e. The van der Waals surface area contributed by atoms with Crippen molar-refractivity contribution in [2.75, 3.05) is 0 Å². The molecule has 0 N–H and O–H groups in total. The number of fused-ring (bicyclic) bond motifs is 8. The molecule has 0 aromatic heterocycles. The Labute approximate surface area is 186 Å². The van der Waals surface area contributed by atoms with Crippen molar-refractivity contribution in [2.24, 2.45) is 0 Å². The number of rotatable bonds is 1. The van der Waals surface area contributed by atoms with Gasteiger partial charge in [-0.3, -0.25) is 0 Å². The van der Waals surface area contributed by atoms with E-state index in [-0.39, 0.29) is 0 Å². The van der Waals surface area contributed by atoms with Crippen LogP contribution < -0.4 is 0 Å². The van der Waals surface area contributed by atoms with Gasteiger partial charge in [0.1, 0.15) is 0 Å². The fourth-order valence-corrected chi connectivity index (χ4v) is 5.18. The van der Waals surface area contributed by atoms with Gasteiger partial charge in [0.2, 0.25) is 0 Å². The van der Waals surface area contributed by atoms with Gasteiger partial charge in [-0.15, -0.1) is 0 Å². The second-order valence-electron chi connectivity index (χ2n) is 8.48. The van der Waals surface area contributed by atoms with Crippen LogP contribution in [-0.4, -0.2) is 0 Å². The highest BCUT2D eigenvalue weighted by molar-refractivity contribution is 6.25. The average Bonchev–Trinajstić information content (AvgIpc) is 2.87. The summed E-state index contributed by atoms with van der Waals surface area (Å²) in [6.07, 6.45) is 0. The smallest absolute Gasteiger partial charge is 0.000741 e. The molecule has 0 bridgehead atoms. The van der Waals surface area contributed by atoms with Gasteiger partial charge < -0.3 is 0 Å². The number of hydrogen-bond acceptors (Lipinski definition) is 0. The van der Waals surface area contributed by atoms with Crippen LogP contribution in [0, 0.1) is 6.07 Å². The predicted octanol–water partition coefficient (Wildman–Crippen LogP) is 8.92. The zero-order valence-corrected chi connectivity index (χ0v) is 17.5. The molecule has 0 aliphatic carbocycles. The molecule has 32 heavy (non-hydrogen) atoms. The average molecular weight is 404 g/mol. The van der Waals surface area contributed by atoms with Gasteiger partial charge in [-0.2, -0.15) is 0 Å². The van der Waals surface area contributed by atoms with E-state index in [2.05, 4.69) is 121 Å². The van der Waals surface area contributed by atoms with Crippen LogP contribution in [0.4, 0.5) is 0 Å². The van der Waals surface area contributed by atoms with Crippen molar-refractivity contribution in [1.29, 1.82) is 0 Å². The molecule has 0 aliphatic rings. The molecule has 7 rings (SSSR count).